The van der Waals surface area contributed by atoms with Crippen LogP contribution in [-0.4, -0.2) is 22.7 Å². The van der Waals surface area contributed by atoms with Crippen molar-refractivity contribution in [3.63, 3.8) is 0 Å². The number of carbonyl (C=O) groups excluding carboxylic acids is 1. The fraction of sp³-hybridized carbons (Fsp3) is 0.167. The molecule has 1 aromatic carbocycles. The van der Waals surface area contributed by atoms with Gasteiger partial charge in [0.25, 0.3) is 5.91 Å². The van der Waals surface area contributed by atoms with E-state index in [1.807, 2.05) is 0 Å². The van der Waals surface area contributed by atoms with Gasteiger partial charge < -0.3 is 10.1 Å². The maximum atomic E-state index is 12.1. The third kappa shape index (κ3) is 3.51. The summed E-state index contributed by atoms with van der Waals surface area (Å²) in [5.41, 5.74) is 1.00. The highest BCUT2D eigenvalue weighted by Crippen LogP contribution is 2.17. The average molecular weight is 267 g/mol. The van der Waals surface area contributed by atoms with Crippen LogP contribution in [0.3, 0.4) is 0 Å². The molecule has 0 aliphatic heterocycles. The molecule has 2 rings (SSSR count). The van der Waals surface area contributed by atoms with Crippen molar-refractivity contribution in [1.82, 2.24) is 10.2 Å². The zero-order valence-electron chi connectivity index (χ0n) is 9.98. The van der Waals surface area contributed by atoms with Crippen LogP contribution < -0.4 is 10.1 Å². The molecule has 0 bridgehead atoms. The van der Waals surface area contributed by atoms with Crippen molar-refractivity contribution in [1.29, 1.82) is 0 Å². The number of halogens is 2. The Labute approximate surface area is 107 Å². The van der Waals surface area contributed by atoms with E-state index < -0.39 is 12.5 Å². The summed E-state index contributed by atoms with van der Waals surface area (Å²) < 4.78 is 28.4. The van der Waals surface area contributed by atoms with Crippen molar-refractivity contribution >= 4 is 11.7 Å². The van der Waals surface area contributed by atoms with Crippen molar-refractivity contribution in [3.8, 4) is 5.75 Å². The van der Waals surface area contributed by atoms with E-state index in [4.69, 9.17) is 0 Å². The highest BCUT2D eigenvalue weighted by Gasteiger charge is 2.10. The quantitative estimate of drug-likeness (QED) is 0.894. The lowest BCUT2D eigenvalue weighted by atomic mass is 10.2. The van der Waals surface area contributed by atoms with Gasteiger partial charge in [0.2, 0.25) is 0 Å². The standard InChI is InChI=1S/C12H11F2N3O2/c1-7-5-10(17-16-7)15-11(18)8-3-2-4-9(6-8)19-12(13)14/h2-6,12H,1H3,(H2,15,16,17,18). The molecule has 0 atom stereocenters. The van der Waals surface area contributed by atoms with E-state index >= 15 is 0 Å². The second-order valence-corrected chi connectivity index (χ2v) is 3.80. The lowest BCUT2D eigenvalue weighted by Crippen LogP contribution is -2.12. The van der Waals surface area contributed by atoms with Gasteiger partial charge in [-0.2, -0.15) is 13.9 Å². The van der Waals surface area contributed by atoms with Crippen molar-refractivity contribution in [2.75, 3.05) is 5.32 Å². The Morgan fingerprint density at radius 1 is 1.42 bits per heavy atom. The lowest BCUT2D eigenvalue weighted by Gasteiger charge is -2.06. The molecule has 2 aromatic rings. The lowest BCUT2D eigenvalue weighted by molar-refractivity contribution is -0.0498. The largest absolute Gasteiger partial charge is 0.435 e. The van der Waals surface area contributed by atoms with E-state index in [-0.39, 0.29) is 11.3 Å². The third-order valence-corrected chi connectivity index (χ3v) is 2.27. The Hall–Kier alpha value is -2.44. The fourth-order valence-electron chi connectivity index (χ4n) is 1.48. The summed E-state index contributed by atoms with van der Waals surface area (Å²) in [6, 6.07) is 7.19. The van der Waals surface area contributed by atoms with Crippen LogP contribution in [0.25, 0.3) is 0 Å². The number of ether oxygens (including phenoxy) is 1. The van der Waals surface area contributed by atoms with Crippen LogP contribution in [0.5, 0.6) is 5.75 Å². The van der Waals surface area contributed by atoms with Gasteiger partial charge in [-0.05, 0) is 25.1 Å². The minimum Gasteiger partial charge on any atom is -0.435 e. The molecule has 5 nitrogen and oxygen atoms in total. The molecule has 0 fully saturated rings. The summed E-state index contributed by atoms with van der Waals surface area (Å²) >= 11 is 0. The number of H-pyrrole nitrogens is 1. The first kappa shape index (κ1) is 13.0. The average Bonchev–Trinajstić information content (AvgIpc) is 2.74. The molecular formula is C12H11F2N3O2. The summed E-state index contributed by atoms with van der Waals surface area (Å²) in [4.78, 5) is 11.9. The second-order valence-electron chi connectivity index (χ2n) is 3.80. The highest BCUT2D eigenvalue weighted by atomic mass is 19.3. The molecule has 0 spiro atoms. The van der Waals surface area contributed by atoms with Crippen molar-refractivity contribution in [2.45, 2.75) is 13.5 Å². The number of hydrogen-bond donors (Lipinski definition) is 2. The SMILES string of the molecule is Cc1cc(NC(=O)c2cccc(OC(F)F)c2)n[nH]1. The van der Waals surface area contributed by atoms with Gasteiger partial charge in [-0.15, -0.1) is 0 Å². The number of alkyl halides is 2. The van der Waals surface area contributed by atoms with Gasteiger partial charge in [0.05, 0.1) is 0 Å². The first-order valence-electron chi connectivity index (χ1n) is 5.43. The Kier molecular flexibility index (Phi) is 3.74. The highest BCUT2D eigenvalue weighted by molar-refractivity contribution is 6.04. The molecule has 0 saturated heterocycles. The van der Waals surface area contributed by atoms with Crippen LogP contribution in [0.4, 0.5) is 14.6 Å². The molecule has 2 N–H and O–H groups in total. The van der Waals surface area contributed by atoms with Gasteiger partial charge >= 0.3 is 6.61 Å². The first-order chi connectivity index (χ1) is 9.04. The monoisotopic (exact) mass is 267 g/mol. The van der Waals surface area contributed by atoms with E-state index in [1.165, 1.54) is 24.3 Å². The molecule has 1 aromatic heterocycles. The molecule has 0 unspecified atom stereocenters. The number of nitrogens with zero attached hydrogens (tertiary/aromatic N) is 1. The van der Waals surface area contributed by atoms with Crippen molar-refractivity contribution < 1.29 is 18.3 Å². The number of rotatable bonds is 4. The van der Waals surface area contributed by atoms with Gasteiger partial charge in [0.15, 0.2) is 5.82 Å². The van der Waals surface area contributed by atoms with Crippen molar-refractivity contribution in [2.24, 2.45) is 0 Å². The number of nitrogens with one attached hydrogen (secondary N) is 2. The number of aromatic amines is 1. The van der Waals surface area contributed by atoms with Gasteiger partial charge in [-0.1, -0.05) is 6.07 Å². The van der Waals surface area contributed by atoms with E-state index in [0.717, 1.165) is 5.69 Å². The van der Waals surface area contributed by atoms with Crippen LogP contribution in [0.1, 0.15) is 16.1 Å². The van der Waals surface area contributed by atoms with Gasteiger partial charge in [-0.3, -0.25) is 9.89 Å². The molecule has 7 heteroatoms. The molecule has 0 aliphatic carbocycles. The Morgan fingerprint density at radius 2 is 2.21 bits per heavy atom. The predicted molar refractivity (Wildman–Crippen MR) is 64.4 cm³/mol. The summed E-state index contributed by atoms with van der Waals surface area (Å²) in [6.07, 6.45) is 0. The number of hydrogen-bond acceptors (Lipinski definition) is 3. The van der Waals surface area contributed by atoms with Gasteiger partial charge in [0.1, 0.15) is 5.75 Å². The van der Waals surface area contributed by atoms with Gasteiger partial charge in [-0.25, -0.2) is 0 Å². The van der Waals surface area contributed by atoms with E-state index in [9.17, 15) is 13.6 Å². The number of anilines is 1. The first-order valence-corrected chi connectivity index (χ1v) is 5.43. The molecule has 1 heterocycles. The predicted octanol–water partition coefficient (Wildman–Crippen LogP) is 2.57. The maximum absolute atomic E-state index is 12.1. The number of aromatic nitrogens is 2. The van der Waals surface area contributed by atoms with Gasteiger partial charge in [0, 0.05) is 17.3 Å². The topological polar surface area (TPSA) is 67.0 Å². The van der Waals surface area contributed by atoms with Crippen LogP contribution in [0.2, 0.25) is 0 Å². The third-order valence-electron chi connectivity index (χ3n) is 2.27. The molecule has 1 amide bonds. The molecule has 100 valence electrons. The second kappa shape index (κ2) is 5.47. The van der Waals surface area contributed by atoms with E-state index in [0.29, 0.717) is 5.82 Å². The van der Waals surface area contributed by atoms with E-state index in [1.54, 1.807) is 13.0 Å². The Balaban J connectivity index is 2.10. The molecule has 0 aliphatic rings. The summed E-state index contributed by atoms with van der Waals surface area (Å²) in [6.45, 7) is -1.13. The number of benzene rings is 1. The number of amides is 1. The normalized spacial score (nSPS) is 10.5. The van der Waals surface area contributed by atoms with E-state index in [2.05, 4.69) is 20.3 Å². The summed E-state index contributed by atoms with van der Waals surface area (Å²) in [5, 5.41) is 9.05. The zero-order chi connectivity index (χ0) is 13.8. The fourth-order valence-corrected chi connectivity index (χ4v) is 1.48. The summed E-state index contributed by atoms with van der Waals surface area (Å²) in [7, 11) is 0. The van der Waals surface area contributed by atoms with Crippen LogP contribution in [-0.2, 0) is 0 Å². The smallest absolute Gasteiger partial charge is 0.387 e. The minimum atomic E-state index is -2.92. The number of aryl methyl sites for hydroxylation is 1. The molecule has 0 radical (unpaired) electrons. The Bertz CT molecular complexity index is 584. The molecule has 0 saturated carbocycles. The van der Waals surface area contributed by atoms with Crippen LogP contribution in [0.15, 0.2) is 30.3 Å². The molecular weight excluding hydrogens is 256 g/mol. The molecule has 19 heavy (non-hydrogen) atoms. The minimum absolute atomic E-state index is 0.0686. The maximum Gasteiger partial charge on any atom is 0.387 e. The number of carbonyl (C=O) groups is 1. The van der Waals surface area contributed by atoms with Crippen LogP contribution >= 0.6 is 0 Å². The van der Waals surface area contributed by atoms with Crippen LogP contribution in [0, 0.1) is 6.92 Å². The summed E-state index contributed by atoms with van der Waals surface area (Å²) in [5.74, 6) is -0.158. The zero-order valence-corrected chi connectivity index (χ0v) is 9.98. The Morgan fingerprint density at radius 3 is 2.84 bits per heavy atom. The van der Waals surface area contributed by atoms with Crippen molar-refractivity contribution in [3.05, 3.63) is 41.6 Å².